The second-order valence-electron chi connectivity index (χ2n) is 8.56. The van der Waals surface area contributed by atoms with Gasteiger partial charge in [0.2, 0.25) is 0 Å². The number of rotatable bonds is 13. The van der Waals surface area contributed by atoms with Crippen LogP contribution in [0.25, 0.3) is 0 Å². The van der Waals surface area contributed by atoms with Gasteiger partial charge in [0.05, 0.1) is 12.2 Å². The number of hydrogen-bond donors (Lipinski definition) is 0. The Balaban J connectivity index is 1.21. The molecule has 0 aliphatic rings. The SMILES string of the molecule is c1ccc(C(O[SiH2]CCCC[SiH2]OC(c2ccccc2)c2ccccc2)c2ccccc2)cc1. The quantitative estimate of drug-likeness (QED) is 0.162. The Morgan fingerprint density at radius 2 is 0.676 bits per heavy atom. The first-order chi connectivity index (χ1) is 16.9. The summed E-state index contributed by atoms with van der Waals surface area (Å²) in [7, 11) is -1.17. The van der Waals surface area contributed by atoms with Crippen molar-refractivity contribution in [3.05, 3.63) is 144 Å². The lowest BCUT2D eigenvalue weighted by Gasteiger charge is -2.20. The van der Waals surface area contributed by atoms with E-state index in [1.54, 1.807) is 0 Å². The third-order valence-electron chi connectivity index (χ3n) is 6.02. The lowest BCUT2D eigenvalue weighted by Crippen LogP contribution is -2.10. The van der Waals surface area contributed by atoms with Crippen LogP contribution in [-0.4, -0.2) is 19.5 Å². The van der Waals surface area contributed by atoms with Gasteiger partial charge >= 0.3 is 0 Å². The van der Waals surface area contributed by atoms with Crippen LogP contribution in [0.3, 0.4) is 0 Å². The highest BCUT2D eigenvalue weighted by atomic mass is 28.2. The predicted molar refractivity (Wildman–Crippen MR) is 148 cm³/mol. The van der Waals surface area contributed by atoms with Crippen LogP contribution < -0.4 is 0 Å². The molecule has 174 valence electrons. The molecule has 4 rings (SSSR count). The van der Waals surface area contributed by atoms with Crippen LogP contribution in [0, 0.1) is 0 Å². The molecule has 4 aromatic carbocycles. The van der Waals surface area contributed by atoms with E-state index in [1.165, 1.54) is 47.2 Å². The standard InChI is InChI=1S/C30H34O2Si2/c1-5-15-25(16-6-1)29(26-17-7-2-8-18-26)31-33-23-13-14-24-34-32-30(27-19-9-3-10-20-27)28-21-11-4-12-22-28/h1-12,15-22,29-30H,13-14,23-24,33-34H2. The van der Waals surface area contributed by atoms with Gasteiger partial charge in [0.15, 0.2) is 19.5 Å². The maximum atomic E-state index is 6.49. The Morgan fingerprint density at radius 1 is 0.412 bits per heavy atom. The molecule has 4 aromatic rings. The van der Waals surface area contributed by atoms with Crippen molar-refractivity contribution in [2.24, 2.45) is 0 Å². The summed E-state index contributed by atoms with van der Waals surface area (Å²) in [4.78, 5) is 0. The highest BCUT2D eigenvalue weighted by Gasteiger charge is 2.15. The Morgan fingerprint density at radius 3 is 0.941 bits per heavy atom. The minimum Gasteiger partial charge on any atom is -0.413 e. The maximum Gasteiger partial charge on any atom is 0.162 e. The van der Waals surface area contributed by atoms with E-state index < -0.39 is 19.5 Å². The van der Waals surface area contributed by atoms with Gasteiger partial charge in [-0.1, -0.05) is 134 Å². The van der Waals surface area contributed by atoms with E-state index in [-0.39, 0.29) is 12.2 Å². The molecular weight excluding hydrogens is 449 g/mol. The van der Waals surface area contributed by atoms with Gasteiger partial charge in [-0.05, 0) is 34.3 Å². The summed E-state index contributed by atoms with van der Waals surface area (Å²) in [6, 6.07) is 44.8. The largest absolute Gasteiger partial charge is 0.413 e. The first-order valence-electron chi connectivity index (χ1n) is 12.3. The fourth-order valence-corrected chi connectivity index (χ4v) is 6.93. The van der Waals surface area contributed by atoms with E-state index in [1.807, 2.05) is 0 Å². The first kappa shape index (κ1) is 24.4. The van der Waals surface area contributed by atoms with Crippen molar-refractivity contribution in [3.8, 4) is 0 Å². The summed E-state index contributed by atoms with van der Waals surface area (Å²) < 4.78 is 13.0. The molecule has 0 radical (unpaired) electrons. The van der Waals surface area contributed by atoms with E-state index in [2.05, 4.69) is 121 Å². The predicted octanol–water partition coefficient (Wildman–Crippen LogP) is 6.38. The summed E-state index contributed by atoms with van der Waals surface area (Å²) >= 11 is 0. The monoisotopic (exact) mass is 482 g/mol. The lowest BCUT2D eigenvalue weighted by atomic mass is 10.0. The first-order valence-corrected chi connectivity index (χ1v) is 15.5. The van der Waals surface area contributed by atoms with E-state index in [0.717, 1.165) is 0 Å². The topological polar surface area (TPSA) is 18.5 Å². The molecule has 2 nitrogen and oxygen atoms in total. The van der Waals surface area contributed by atoms with E-state index >= 15 is 0 Å². The molecule has 0 spiro atoms. The van der Waals surface area contributed by atoms with Crippen LogP contribution in [0.1, 0.15) is 47.3 Å². The molecule has 0 heterocycles. The van der Waals surface area contributed by atoms with Gasteiger partial charge in [-0.25, -0.2) is 0 Å². The Kier molecular flexibility index (Phi) is 9.90. The van der Waals surface area contributed by atoms with Crippen LogP contribution in [0.4, 0.5) is 0 Å². The number of hydrogen-bond acceptors (Lipinski definition) is 2. The summed E-state index contributed by atoms with van der Waals surface area (Å²) in [5.74, 6) is 0. The summed E-state index contributed by atoms with van der Waals surface area (Å²) in [6.07, 6.45) is 2.59. The van der Waals surface area contributed by atoms with Gasteiger partial charge in [-0.2, -0.15) is 0 Å². The van der Waals surface area contributed by atoms with Crippen molar-refractivity contribution in [3.63, 3.8) is 0 Å². The normalized spacial score (nSPS) is 11.9. The van der Waals surface area contributed by atoms with Crippen molar-refractivity contribution >= 4 is 19.5 Å². The molecule has 0 unspecified atom stereocenters. The zero-order valence-corrected chi connectivity index (χ0v) is 22.6. The molecule has 0 saturated heterocycles. The van der Waals surface area contributed by atoms with Crippen molar-refractivity contribution in [1.82, 2.24) is 0 Å². The van der Waals surface area contributed by atoms with Crippen LogP contribution >= 0.6 is 0 Å². The molecule has 0 aromatic heterocycles. The molecule has 0 aliphatic heterocycles. The lowest BCUT2D eigenvalue weighted by molar-refractivity contribution is 0.258. The Bertz CT molecular complexity index is 892. The molecule has 0 saturated carbocycles. The Hall–Kier alpha value is -2.77. The minimum atomic E-state index is -0.583. The van der Waals surface area contributed by atoms with Crippen LogP contribution in [-0.2, 0) is 8.85 Å². The second-order valence-corrected chi connectivity index (χ2v) is 11.5. The van der Waals surface area contributed by atoms with Gasteiger partial charge in [-0.15, -0.1) is 0 Å². The zero-order chi connectivity index (χ0) is 23.3. The zero-order valence-electron chi connectivity index (χ0n) is 19.8. The fraction of sp³-hybridized carbons (Fsp3) is 0.200. The average molecular weight is 483 g/mol. The van der Waals surface area contributed by atoms with Crippen molar-refractivity contribution in [1.29, 1.82) is 0 Å². The van der Waals surface area contributed by atoms with Gasteiger partial charge in [0.1, 0.15) is 0 Å². The van der Waals surface area contributed by atoms with E-state index in [0.29, 0.717) is 0 Å². The fourth-order valence-electron chi connectivity index (χ4n) is 4.24. The van der Waals surface area contributed by atoms with Crippen molar-refractivity contribution < 1.29 is 8.85 Å². The molecule has 0 N–H and O–H groups in total. The Labute approximate surface area is 208 Å². The van der Waals surface area contributed by atoms with Gasteiger partial charge < -0.3 is 8.85 Å². The molecule has 0 amide bonds. The second kappa shape index (κ2) is 13.8. The van der Waals surface area contributed by atoms with Crippen molar-refractivity contribution in [2.75, 3.05) is 0 Å². The van der Waals surface area contributed by atoms with Crippen molar-refractivity contribution in [2.45, 2.75) is 37.1 Å². The highest BCUT2D eigenvalue weighted by Crippen LogP contribution is 2.27. The summed E-state index contributed by atoms with van der Waals surface area (Å²) in [5, 5.41) is 0. The summed E-state index contributed by atoms with van der Waals surface area (Å²) in [6.45, 7) is 0. The van der Waals surface area contributed by atoms with Crippen LogP contribution in [0.2, 0.25) is 12.1 Å². The van der Waals surface area contributed by atoms with E-state index in [9.17, 15) is 0 Å². The maximum absolute atomic E-state index is 6.49. The molecule has 0 bridgehead atoms. The molecule has 4 heteroatoms. The molecular formula is C30H34O2Si2. The average Bonchev–Trinajstić information content (AvgIpc) is 2.92. The molecule has 0 fully saturated rings. The third kappa shape index (κ3) is 7.37. The van der Waals surface area contributed by atoms with E-state index in [4.69, 9.17) is 8.85 Å². The van der Waals surface area contributed by atoms with Crippen LogP contribution in [0.5, 0.6) is 0 Å². The molecule has 0 aliphatic carbocycles. The van der Waals surface area contributed by atoms with Crippen LogP contribution in [0.15, 0.2) is 121 Å². The van der Waals surface area contributed by atoms with Gasteiger partial charge in [0, 0.05) is 0 Å². The highest BCUT2D eigenvalue weighted by molar-refractivity contribution is 6.28. The third-order valence-corrected chi connectivity index (χ3v) is 8.73. The van der Waals surface area contributed by atoms with Gasteiger partial charge in [0.25, 0.3) is 0 Å². The number of benzene rings is 4. The van der Waals surface area contributed by atoms with Gasteiger partial charge in [-0.3, -0.25) is 0 Å². The number of unbranched alkanes of at least 4 members (excludes halogenated alkanes) is 1. The molecule has 34 heavy (non-hydrogen) atoms. The minimum absolute atomic E-state index is 0.0595. The summed E-state index contributed by atoms with van der Waals surface area (Å²) in [5.41, 5.74) is 4.98. The molecule has 0 atom stereocenters. The smallest absolute Gasteiger partial charge is 0.162 e.